The highest BCUT2D eigenvalue weighted by Crippen LogP contribution is 2.44. The lowest BCUT2D eigenvalue weighted by molar-refractivity contribution is -0.0796. The van der Waals surface area contributed by atoms with Crippen LogP contribution in [0.25, 0.3) is 11.3 Å². The van der Waals surface area contributed by atoms with Gasteiger partial charge in [-0.1, -0.05) is 0 Å². The van der Waals surface area contributed by atoms with Crippen LogP contribution in [-0.2, 0) is 0 Å². The molecule has 0 aromatic carbocycles. The second kappa shape index (κ2) is 6.46. The van der Waals surface area contributed by atoms with Crippen LogP contribution in [0.1, 0.15) is 38.6 Å². The topological polar surface area (TPSA) is 110 Å². The monoisotopic (exact) mass is 425 g/mol. The Morgan fingerprint density at radius 2 is 1.87 bits per heavy atom. The molecule has 10 heteroatoms. The van der Waals surface area contributed by atoms with Crippen LogP contribution < -0.4 is 33.3 Å². The fourth-order valence-corrected chi connectivity index (χ4v) is 5.74. The minimum atomic E-state index is -2.92. The number of hydrogen-bond donors (Lipinski definition) is 3. The summed E-state index contributed by atoms with van der Waals surface area (Å²) in [7, 11) is 0. The van der Waals surface area contributed by atoms with E-state index < -0.39 is 41.3 Å². The maximum Gasteiger partial charge on any atom is 0.329 e. The van der Waals surface area contributed by atoms with Gasteiger partial charge in [0.05, 0.1) is 28.3 Å². The van der Waals surface area contributed by atoms with Gasteiger partial charge in [0.1, 0.15) is 0 Å². The maximum absolute atomic E-state index is 15.5. The molecule has 2 saturated carbocycles. The molecule has 0 spiro atoms. The predicted octanol–water partition coefficient (Wildman–Crippen LogP) is -0.866. The summed E-state index contributed by atoms with van der Waals surface area (Å²) in [5, 5.41) is 0.398. The van der Waals surface area contributed by atoms with Crippen molar-refractivity contribution in [3.63, 3.8) is 0 Å². The van der Waals surface area contributed by atoms with Crippen LogP contribution in [0.3, 0.4) is 0 Å². The minimum absolute atomic E-state index is 0.0163. The Morgan fingerprint density at radius 3 is 2.53 bits per heavy atom. The second-order valence-corrected chi connectivity index (χ2v) is 9.27. The molecule has 5 atom stereocenters. The van der Waals surface area contributed by atoms with E-state index in [0.717, 1.165) is 12.8 Å². The Morgan fingerprint density at radius 1 is 1.17 bits per heavy atom. The Kier molecular flexibility index (Phi) is 4.28. The molecule has 1 aromatic heterocycles. The average Bonchev–Trinajstić information content (AvgIpc) is 3.41. The Balaban J connectivity index is 1.63. The van der Waals surface area contributed by atoms with Crippen LogP contribution in [-0.4, -0.2) is 51.7 Å². The van der Waals surface area contributed by atoms with Crippen molar-refractivity contribution in [3.8, 4) is 0 Å². The molecule has 4 aliphatic rings. The third-order valence-corrected chi connectivity index (χ3v) is 7.45. The molecular weight excluding hydrogens is 399 g/mol. The lowest BCUT2D eigenvalue weighted by atomic mass is 9.76. The van der Waals surface area contributed by atoms with Crippen LogP contribution in [0.2, 0.25) is 0 Å². The molecule has 164 valence electrons. The molecule has 2 heterocycles. The molecule has 30 heavy (non-hydrogen) atoms. The van der Waals surface area contributed by atoms with Crippen molar-refractivity contribution in [2.24, 2.45) is 23.3 Å². The number of likely N-dealkylation sites (tertiary alicyclic amines) is 1. The number of alkyl halides is 3. The van der Waals surface area contributed by atoms with Crippen LogP contribution in [0.15, 0.2) is 9.59 Å². The summed E-state index contributed by atoms with van der Waals surface area (Å²) in [5.41, 5.74) is 11.1. The third kappa shape index (κ3) is 2.72. The summed E-state index contributed by atoms with van der Waals surface area (Å²) < 4.78 is 45.3. The van der Waals surface area contributed by atoms with Crippen molar-refractivity contribution in [3.05, 3.63) is 31.4 Å². The van der Waals surface area contributed by atoms with Gasteiger partial charge in [-0.15, -0.1) is 0 Å². The average molecular weight is 425 g/mol. The van der Waals surface area contributed by atoms with Crippen LogP contribution in [0, 0.1) is 11.8 Å². The quantitative estimate of drug-likeness (QED) is 0.571. The van der Waals surface area contributed by atoms with Crippen molar-refractivity contribution in [1.82, 2.24) is 14.5 Å². The highest BCUT2D eigenvalue weighted by atomic mass is 19.3. The van der Waals surface area contributed by atoms with Crippen LogP contribution in [0.4, 0.5) is 13.2 Å². The van der Waals surface area contributed by atoms with E-state index in [1.165, 1.54) is 4.57 Å². The van der Waals surface area contributed by atoms with E-state index in [-0.39, 0.29) is 35.8 Å². The molecular formula is C20H26F3N5O2. The van der Waals surface area contributed by atoms with Gasteiger partial charge >= 0.3 is 5.69 Å². The fraction of sp³-hybridized carbons (Fsp3) is 0.700. The number of nitrogens with zero attached hydrogens (tertiary/aromatic N) is 2. The molecule has 5 unspecified atom stereocenters. The first kappa shape index (κ1) is 19.9. The summed E-state index contributed by atoms with van der Waals surface area (Å²) in [4.78, 5) is 29.1. The lowest BCUT2D eigenvalue weighted by Gasteiger charge is -2.37. The van der Waals surface area contributed by atoms with E-state index in [2.05, 4.69) is 4.98 Å². The lowest BCUT2D eigenvalue weighted by Crippen LogP contribution is -2.62. The Hall–Kier alpha value is -2.07. The number of aromatic amines is 1. The molecule has 3 fully saturated rings. The van der Waals surface area contributed by atoms with E-state index >= 15 is 4.39 Å². The van der Waals surface area contributed by atoms with Crippen molar-refractivity contribution in [2.45, 2.75) is 62.8 Å². The molecule has 0 bridgehead atoms. The first-order valence-corrected chi connectivity index (χ1v) is 10.5. The molecule has 3 aliphatic carbocycles. The fourth-order valence-electron chi connectivity index (χ4n) is 5.74. The van der Waals surface area contributed by atoms with Gasteiger partial charge in [0.25, 0.3) is 11.5 Å². The van der Waals surface area contributed by atoms with Gasteiger partial charge in [0.2, 0.25) is 0 Å². The van der Waals surface area contributed by atoms with Gasteiger partial charge < -0.3 is 11.5 Å². The first-order valence-electron chi connectivity index (χ1n) is 10.5. The van der Waals surface area contributed by atoms with E-state index in [9.17, 15) is 18.4 Å². The number of nitrogens with two attached hydrogens (primary N) is 2. The SMILES string of the molecule is CC1=c2c(c(=O)[nH]c(=O)n2C2CC2)=C(N)C(F)C1N1CC2CCC(F)(F)C(N)C2C1. The first-order chi connectivity index (χ1) is 14.1. The molecule has 0 radical (unpaired) electrons. The van der Waals surface area contributed by atoms with Gasteiger partial charge in [-0.05, 0) is 43.6 Å². The van der Waals surface area contributed by atoms with Gasteiger partial charge in [-0.25, -0.2) is 18.0 Å². The van der Waals surface area contributed by atoms with Gasteiger partial charge in [0.15, 0.2) is 6.17 Å². The van der Waals surface area contributed by atoms with E-state index in [1.54, 1.807) is 6.92 Å². The number of H-pyrrole nitrogens is 1. The molecule has 5 rings (SSSR count). The van der Waals surface area contributed by atoms with Crippen molar-refractivity contribution in [1.29, 1.82) is 0 Å². The van der Waals surface area contributed by atoms with Crippen molar-refractivity contribution < 1.29 is 13.2 Å². The predicted molar refractivity (Wildman–Crippen MR) is 105 cm³/mol. The molecule has 7 nitrogen and oxygen atoms in total. The summed E-state index contributed by atoms with van der Waals surface area (Å²) >= 11 is 0. The standard InChI is InChI=1S/C20H26F3N5O2/c1-8-15-12(18(29)26-19(30)28(15)10-2-3-10)14(24)13(21)16(8)27-6-9-4-5-20(22,23)17(25)11(9)7-27/h9-11,13,16-17H,2-7,24-25H2,1H3,(H,26,29,30). The van der Waals surface area contributed by atoms with Gasteiger partial charge in [0, 0.05) is 25.6 Å². The normalized spacial score (nSPS) is 36.0. The zero-order chi connectivity index (χ0) is 21.5. The Labute approximate surface area is 170 Å². The zero-order valence-corrected chi connectivity index (χ0v) is 16.7. The molecule has 5 N–H and O–H groups in total. The summed E-state index contributed by atoms with van der Waals surface area (Å²) in [5.74, 6) is -3.39. The van der Waals surface area contributed by atoms with Gasteiger partial charge in [-0.2, -0.15) is 0 Å². The van der Waals surface area contributed by atoms with Crippen LogP contribution in [0.5, 0.6) is 0 Å². The molecule has 1 saturated heterocycles. The highest BCUT2D eigenvalue weighted by Gasteiger charge is 2.53. The molecule has 0 amide bonds. The van der Waals surface area contributed by atoms with Gasteiger partial charge in [-0.3, -0.25) is 19.2 Å². The van der Waals surface area contributed by atoms with Crippen molar-refractivity contribution in [2.75, 3.05) is 13.1 Å². The molecule has 1 aromatic rings. The Bertz CT molecular complexity index is 1140. The number of nitrogens with one attached hydrogen (secondary N) is 1. The van der Waals surface area contributed by atoms with E-state index in [4.69, 9.17) is 11.5 Å². The van der Waals surface area contributed by atoms with Crippen molar-refractivity contribution >= 4 is 11.3 Å². The number of fused-ring (bicyclic) bond motifs is 2. The van der Waals surface area contributed by atoms with E-state index in [0.29, 0.717) is 23.9 Å². The summed E-state index contributed by atoms with van der Waals surface area (Å²) in [6.45, 7) is 2.39. The number of aromatic nitrogens is 2. The van der Waals surface area contributed by atoms with Crippen LogP contribution >= 0.6 is 0 Å². The smallest absolute Gasteiger partial charge is 0.329 e. The zero-order valence-electron chi connectivity index (χ0n) is 16.7. The summed E-state index contributed by atoms with van der Waals surface area (Å²) in [6.07, 6.45) is 0.0108. The number of halogens is 3. The largest absolute Gasteiger partial charge is 0.399 e. The maximum atomic E-state index is 15.5. The third-order valence-electron chi connectivity index (χ3n) is 7.45. The van der Waals surface area contributed by atoms with E-state index in [1.807, 2.05) is 4.90 Å². The summed E-state index contributed by atoms with van der Waals surface area (Å²) in [6, 6.07) is -2.12. The molecule has 1 aliphatic heterocycles. The second-order valence-electron chi connectivity index (χ2n) is 9.27. The minimum Gasteiger partial charge on any atom is -0.399 e. The number of rotatable bonds is 2. The highest BCUT2D eigenvalue weighted by molar-refractivity contribution is 5.62. The number of hydrogen-bond acceptors (Lipinski definition) is 5.